The third-order valence-electron chi connectivity index (χ3n) is 4.50. The molecule has 0 radical (unpaired) electrons. The summed E-state index contributed by atoms with van der Waals surface area (Å²) in [6.45, 7) is 1.61. The van der Waals surface area contributed by atoms with E-state index < -0.39 is 59.2 Å². The molecule has 1 amide bonds. The number of nitrogens with one attached hydrogen (secondary N) is 1. The average molecular weight is 450 g/mol. The van der Waals surface area contributed by atoms with Crippen LogP contribution in [0.25, 0.3) is 0 Å². The van der Waals surface area contributed by atoms with Crippen molar-refractivity contribution in [3.63, 3.8) is 0 Å². The monoisotopic (exact) mass is 450 g/mol. The van der Waals surface area contributed by atoms with Gasteiger partial charge < -0.3 is 15.2 Å². The molecule has 0 aliphatic heterocycles. The molecule has 0 aromatic heterocycles. The third kappa shape index (κ3) is 6.83. The number of hydrogen-bond acceptors (Lipinski definition) is 6. The zero-order valence-corrected chi connectivity index (χ0v) is 16.9. The van der Waals surface area contributed by atoms with Crippen LogP contribution in [0, 0.1) is 21.7 Å². The molecule has 0 saturated carbocycles. The number of rotatable bonds is 10. The van der Waals surface area contributed by atoms with Crippen LogP contribution >= 0.6 is 0 Å². The fourth-order valence-corrected chi connectivity index (χ4v) is 3.13. The van der Waals surface area contributed by atoms with Crippen molar-refractivity contribution < 1.29 is 37.9 Å². The summed E-state index contributed by atoms with van der Waals surface area (Å²) in [7, 11) is 0. The van der Waals surface area contributed by atoms with E-state index in [9.17, 15) is 38.4 Å². The second-order valence-electron chi connectivity index (χ2n) is 6.80. The maximum absolute atomic E-state index is 13.4. The molecule has 9 nitrogen and oxygen atoms in total. The topological polar surface area (TPSA) is 136 Å². The highest BCUT2D eigenvalue weighted by Crippen LogP contribution is 2.27. The molecule has 0 bridgehead atoms. The number of benzene rings is 2. The van der Waals surface area contributed by atoms with E-state index in [0.29, 0.717) is 6.07 Å². The summed E-state index contributed by atoms with van der Waals surface area (Å²) < 4.78 is 31.6. The molecular weight excluding hydrogens is 430 g/mol. The summed E-state index contributed by atoms with van der Waals surface area (Å²) in [5.74, 6) is -5.97. The van der Waals surface area contributed by atoms with Crippen LogP contribution in [-0.2, 0) is 25.5 Å². The first-order chi connectivity index (χ1) is 15.1. The number of amides is 1. The smallest absolute Gasteiger partial charge is 0.326 e. The van der Waals surface area contributed by atoms with Crippen LogP contribution in [0.1, 0.15) is 30.4 Å². The molecule has 0 aliphatic carbocycles. The van der Waals surface area contributed by atoms with E-state index >= 15 is 0 Å². The highest BCUT2D eigenvalue weighted by atomic mass is 19.1. The number of carboxylic acid groups (broad SMARTS) is 1. The first kappa shape index (κ1) is 24.4. The summed E-state index contributed by atoms with van der Waals surface area (Å²) in [6, 6.07) is 5.74. The van der Waals surface area contributed by atoms with Crippen molar-refractivity contribution in [2.45, 2.75) is 31.7 Å². The highest BCUT2D eigenvalue weighted by Gasteiger charge is 2.33. The van der Waals surface area contributed by atoms with Crippen LogP contribution in [0.15, 0.2) is 42.5 Å². The molecule has 2 aromatic rings. The minimum absolute atomic E-state index is 0.0126. The number of hydrogen-bond donors (Lipinski definition) is 2. The average Bonchev–Trinajstić information content (AvgIpc) is 2.70. The number of ether oxygens (including phenoxy) is 1. The fourth-order valence-electron chi connectivity index (χ4n) is 3.13. The van der Waals surface area contributed by atoms with Crippen molar-refractivity contribution in [2.24, 2.45) is 0 Å². The largest absolute Gasteiger partial charge is 0.480 e. The van der Waals surface area contributed by atoms with E-state index in [1.165, 1.54) is 12.1 Å². The van der Waals surface area contributed by atoms with Gasteiger partial charge >= 0.3 is 11.9 Å². The number of nitrogens with zero attached hydrogens (tertiary/aromatic N) is 1. The zero-order chi connectivity index (χ0) is 23.8. The van der Waals surface area contributed by atoms with Crippen molar-refractivity contribution in [2.75, 3.05) is 6.61 Å². The van der Waals surface area contributed by atoms with Crippen molar-refractivity contribution in [3.8, 4) is 0 Å². The molecule has 0 saturated heterocycles. The lowest BCUT2D eigenvalue weighted by Gasteiger charge is -2.25. The summed E-state index contributed by atoms with van der Waals surface area (Å²) >= 11 is 0. The molecule has 2 aromatic carbocycles. The Balaban J connectivity index is 2.30. The second-order valence-corrected chi connectivity index (χ2v) is 6.80. The van der Waals surface area contributed by atoms with Crippen molar-refractivity contribution in [3.05, 3.63) is 75.3 Å². The van der Waals surface area contributed by atoms with Gasteiger partial charge in [0, 0.05) is 24.1 Å². The molecule has 0 aliphatic rings. The van der Waals surface area contributed by atoms with Gasteiger partial charge in [-0.3, -0.25) is 19.7 Å². The Hall–Kier alpha value is -3.89. The summed E-state index contributed by atoms with van der Waals surface area (Å²) in [6.07, 6.45) is -0.942. The van der Waals surface area contributed by atoms with Gasteiger partial charge in [0.2, 0.25) is 5.91 Å². The van der Waals surface area contributed by atoms with Gasteiger partial charge in [-0.2, -0.15) is 0 Å². The van der Waals surface area contributed by atoms with E-state index in [-0.39, 0.29) is 23.4 Å². The molecule has 2 rings (SSSR count). The van der Waals surface area contributed by atoms with Crippen LogP contribution in [0.3, 0.4) is 0 Å². The molecule has 11 heteroatoms. The number of nitro benzene ring substituents is 1. The lowest BCUT2D eigenvalue weighted by Crippen LogP contribution is -2.46. The molecule has 0 heterocycles. The SMILES string of the molecule is CCOC(=O)C[C@@H](c1ccc([N+](=O)[O-])cc1)[C@H](NC(=O)Cc1cc(F)cc(F)c1)C(=O)O. The normalized spacial score (nSPS) is 12.5. The zero-order valence-electron chi connectivity index (χ0n) is 16.9. The quantitative estimate of drug-likeness (QED) is 0.323. The van der Waals surface area contributed by atoms with Crippen molar-refractivity contribution in [1.29, 1.82) is 0 Å². The van der Waals surface area contributed by atoms with Crippen molar-refractivity contribution >= 4 is 23.5 Å². The van der Waals surface area contributed by atoms with Gasteiger partial charge in [-0.25, -0.2) is 13.6 Å². The highest BCUT2D eigenvalue weighted by molar-refractivity contribution is 5.86. The van der Waals surface area contributed by atoms with Gasteiger partial charge in [0.15, 0.2) is 0 Å². The summed E-state index contributed by atoms with van der Waals surface area (Å²) in [5, 5.41) is 22.8. The Labute approximate surface area is 181 Å². The maximum Gasteiger partial charge on any atom is 0.326 e. The molecular formula is C21H20F2N2O7. The first-order valence-corrected chi connectivity index (χ1v) is 9.47. The standard InChI is InChI=1S/C21H20F2N2O7/c1-2-32-19(27)11-17(13-3-5-16(6-4-13)25(30)31)20(21(28)29)24-18(26)9-12-7-14(22)10-15(23)8-12/h3-8,10,17,20H,2,9,11H2,1H3,(H,24,26)(H,28,29)/t17-,20-/m0/s1. The number of esters is 1. The Kier molecular flexibility index (Phi) is 8.33. The Morgan fingerprint density at radius 3 is 2.22 bits per heavy atom. The molecule has 0 spiro atoms. The van der Waals surface area contributed by atoms with E-state index in [2.05, 4.69) is 5.32 Å². The molecule has 32 heavy (non-hydrogen) atoms. The molecule has 0 unspecified atom stereocenters. The van der Waals surface area contributed by atoms with E-state index in [1.807, 2.05) is 0 Å². The molecule has 2 atom stereocenters. The number of halogens is 2. The van der Waals surface area contributed by atoms with Crippen LogP contribution in [0.5, 0.6) is 0 Å². The lowest BCUT2D eigenvalue weighted by molar-refractivity contribution is -0.384. The van der Waals surface area contributed by atoms with Gasteiger partial charge in [0.05, 0.1) is 24.4 Å². The Morgan fingerprint density at radius 1 is 1.12 bits per heavy atom. The number of aliphatic carboxylic acids is 1. The fraction of sp³-hybridized carbons (Fsp3) is 0.286. The number of carbonyl (C=O) groups is 3. The second kappa shape index (κ2) is 10.9. The summed E-state index contributed by atoms with van der Waals surface area (Å²) in [4.78, 5) is 46.6. The predicted molar refractivity (Wildman–Crippen MR) is 107 cm³/mol. The minimum atomic E-state index is -1.62. The first-order valence-electron chi connectivity index (χ1n) is 9.47. The van der Waals surface area contributed by atoms with Crippen LogP contribution < -0.4 is 5.32 Å². The van der Waals surface area contributed by atoms with Crippen LogP contribution in [0.2, 0.25) is 0 Å². The Bertz CT molecular complexity index is 991. The third-order valence-corrected chi connectivity index (χ3v) is 4.50. The van der Waals surface area contributed by atoms with Gasteiger partial charge in [0.1, 0.15) is 17.7 Å². The molecule has 2 N–H and O–H groups in total. The number of non-ortho nitro benzene ring substituents is 1. The number of nitro groups is 1. The number of carbonyl (C=O) groups excluding carboxylic acids is 2. The predicted octanol–water partition coefficient (Wildman–Crippen LogP) is 2.72. The van der Waals surface area contributed by atoms with Crippen LogP contribution in [-0.4, -0.2) is 40.5 Å². The van der Waals surface area contributed by atoms with Gasteiger partial charge in [0.25, 0.3) is 5.69 Å². The lowest BCUT2D eigenvalue weighted by atomic mass is 9.88. The van der Waals surface area contributed by atoms with E-state index in [4.69, 9.17) is 4.74 Å². The van der Waals surface area contributed by atoms with Gasteiger partial charge in [-0.05, 0) is 30.2 Å². The number of carboxylic acids is 1. The minimum Gasteiger partial charge on any atom is -0.480 e. The van der Waals surface area contributed by atoms with Gasteiger partial charge in [-0.1, -0.05) is 12.1 Å². The molecule has 0 fully saturated rings. The van der Waals surface area contributed by atoms with Crippen LogP contribution in [0.4, 0.5) is 14.5 Å². The Morgan fingerprint density at radius 2 is 1.72 bits per heavy atom. The van der Waals surface area contributed by atoms with E-state index in [0.717, 1.165) is 24.3 Å². The van der Waals surface area contributed by atoms with E-state index in [1.54, 1.807) is 6.92 Å². The molecule has 170 valence electrons. The summed E-state index contributed by atoms with van der Waals surface area (Å²) in [5.41, 5.74) is -0.0118. The van der Waals surface area contributed by atoms with Crippen molar-refractivity contribution in [1.82, 2.24) is 5.32 Å². The van der Waals surface area contributed by atoms with Gasteiger partial charge in [-0.15, -0.1) is 0 Å². The maximum atomic E-state index is 13.4.